The molecule has 2 amide bonds. The summed E-state index contributed by atoms with van der Waals surface area (Å²) in [6.07, 6.45) is 0.866. The largest absolute Gasteiger partial charge is 0.456 e. The topological polar surface area (TPSA) is 80.2 Å². The van der Waals surface area contributed by atoms with Gasteiger partial charge in [-0.3, -0.25) is 5.32 Å². The Morgan fingerprint density at radius 1 is 1.18 bits per heavy atom. The molecule has 1 aliphatic rings. The number of carbonyl (C=O) groups excluding carboxylic acids is 1. The van der Waals surface area contributed by atoms with Gasteiger partial charge in [0.25, 0.3) is 0 Å². The second-order valence-electron chi connectivity index (χ2n) is 7.91. The summed E-state index contributed by atoms with van der Waals surface area (Å²) in [6, 6.07) is 12.6. The summed E-state index contributed by atoms with van der Waals surface area (Å²) in [5.41, 5.74) is 1.12. The van der Waals surface area contributed by atoms with Crippen LogP contribution in [0.15, 0.2) is 66.5 Å². The van der Waals surface area contributed by atoms with Crippen molar-refractivity contribution in [3.05, 3.63) is 77.8 Å². The number of rotatable bonds is 4. The zero-order valence-corrected chi connectivity index (χ0v) is 18.3. The van der Waals surface area contributed by atoms with E-state index in [-0.39, 0.29) is 17.7 Å². The molecule has 34 heavy (non-hydrogen) atoms. The van der Waals surface area contributed by atoms with Gasteiger partial charge < -0.3 is 9.64 Å². The molecule has 0 spiro atoms. The number of hydrogen-bond donors (Lipinski definition) is 1. The van der Waals surface area contributed by atoms with E-state index in [9.17, 15) is 18.0 Å². The van der Waals surface area contributed by atoms with Crippen LogP contribution in [0.2, 0.25) is 0 Å². The minimum atomic E-state index is -4.49. The predicted octanol–water partition coefficient (Wildman–Crippen LogP) is 5.64. The van der Waals surface area contributed by atoms with Gasteiger partial charge in [0.2, 0.25) is 0 Å². The van der Waals surface area contributed by atoms with Gasteiger partial charge in [-0.1, -0.05) is 30.7 Å². The fourth-order valence-corrected chi connectivity index (χ4v) is 3.63. The molecule has 176 valence electrons. The van der Waals surface area contributed by atoms with Crippen LogP contribution in [0.25, 0.3) is 6.08 Å². The van der Waals surface area contributed by atoms with Crippen molar-refractivity contribution in [2.24, 2.45) is 5.92 Å². The molecule has 3 heterocycles. The van der Waals surface area contributed by atoms with E-state index in [2.05, 4.69) is 33.5 Å². The first kappa shape index (κ1) is 23.2. The number of hydrogen-bond acceptors (Lipinski definition) is 5. The molecule has 1 aromatic carbocycles. The molecule has 1 saturated heterocycles. The minimum Gasteiger partial charge on any atom is -0.456 e. The third kappa shape index (κ3) is 5.89. The molecule has 1 fully saturated rings. The zero-order chi connectivity index (χ0) is 24.1. The number of halogens is 3. The van der Waals surface area contributed by atoms with Gasteiger partial charge in [0, 0.05) is 19.3 Å². The minimum absolute atomic E-state index is 0.144. The summed E-state index contributed by atoms with van der Waals surface area (Å²) < 4.78 is 43.7. The number of carbonyl (C=O) groups is 1. The summed E-state index contributed by atoms with van der Waals surface area (Å²) in [5.74, 6) is 1.25. The number of benzene rings is 1. The lowest BCUT2D eigenvalue weighted by molar-refractivity contribution is -0.141. The van der Waals surface area contributed by atoms with Crippen LogP contribution in [-0.4, -0.2) is 39.2 Å². The van der Waals surface area contributed by atoms with E-state index in [1.54, 1.807) is 23.1 Å². The van der Waals surface area contributed by atoms with E-state index < -0.39 is 11.9 Å². The zero-order valence-electron chi connectivity index (χ0n) is 18.3. The Labute approximate surface area is 194 Å². The maximum atomic E-state index is 12.7. The molecule has 4 rings (SSSR count). The van der Waals surface area contributed by atoms with Gasteiger partial charge in [-0.2, -0.15) is 18.3 Å². The fraction of sp³-hybridized carbons (Fsp3) is 0.250. The van der Waals surface area contributed by atoms with Crippen molar-refractivity contribution in [2.45, 2.75) is 19.5 Å². The van der Waals surface area contributed by atoms with Crippen LogP contribution in [0, 0.1) is 5.92 Å². The van der Waals surface area contributed by atoms with Crippen molar-refractivity contribution in [3.8, 4) is 11.5 Å². The maximum absolute atomic E-state index is 12.7. The van der Waals surface area contributed by atoms with E-state index >= 15 is 0 Å². The highest BCUT2D eigenvalue weighted by Gasteiger charge is 2.32. The normalized spacial score (nSPS) is 17.5. The first-order valence-corrected chi connectivity index (χ1v) is 10.6. The monoisotopic (exact) mass is 469 g/mol. The molecule has 7 nitrogen and oxygen atoms in total. The van der Waals surface area contributed by atoms with Crippen LogP contribution < -0.4 is 10.1 Å². The van der Waals surface area contributed by atoms with Crippen LogP contribution in [0.4, 0.5) is 23.8 Å². The van der Waals surface area contributed by atoms with Crippen LogP contribution in [0.5, 0.6) is 11.5 Å². The summed E-state index contributed by atoms with van der Waals surface area (Å²) in [4.78, 5) is 17.7. The Balaban J connectivity index is 1.39. The molecule has 1 atom stereocenters. The van der Waals surface area contributed by atoms with Crippen molar-refractivity contribution in [2.75, 3.05) is 18.4 Å². The van der Waals surface area contributed by atoms with Gasteiger partial charge >= 0.3 is 12.2 Å². The van der Waals surface area contributed by atoms with Crippen molar-refractivity contribution >= 4 is 17.9 Å². The maximum Gasteiger partial charge on any atom is 0.433 e. The number of nitrogens with zero attached hydrogens (tertiary/aromatic N) is 4. The van der Waals surface area contributed by atoms with Crippen molar-refractivity contribution < 1.29 is 22.7 Å². The van der Waals surface area contributed by atoms with Crippen molar-refractivity contribution in [1.29, 1.82) is 0 Å². The molecular weight excluding hydrogens is 447 g/mol. The van der Waals surface area contributed by atoms with Crippen LogP contribution in [-0.2, 0) is 6.18 Å². The number of nitrogens with one attached hydrogen (secondary N) is 1. The predicted molar refractivity (Wildman–Crippen MR) is 120 cm³/mol. The number of pyridine rings is 1. The Hall–Kier alpha value is -3.95. The second-order valence-corrected chi connectivity index (χ2v) is 7.91. The highest BCUT2D eigenvalue weighted by molar-refractivity contribution is 5.88. The molecule has 2 aromatic heterocycles. The Bertz CT molecular complexity index is 1170. The van der Waals surface area contributed by atoms with E-state index in [1.807, 2.05) is 18.2 Å². The van der Waals surface area contributed by atoms with Gasteiger partial charge in [0.1, 0.15) is 17.2 Å². The van der Waals surface area contributed by atoms with Gasteiger partial charge in [0.15, 0.2) is 5.82 Å². The molecule has 0 bridgehead atoms. The summed E-state index contributed by atoms with van der Waals surface area (Å²) >= 11 is 0. The molecule has 1 unspecified atom stereocenters. The van der Waals surface area contributed by atoms with Crippen molar-refractivity contribution in [3.63, 3.8) is 0 Å². The number of ether oxygens (including phenoxy) is 1. The number of piperidine rings is 1. The molecule has 3 aromatic rings. The van der Waals surface area contributed by atoms with Crippen molar-refractivity contribution in [1.82, 2.24) is 20.1 Å². The molecule has 0 radical (unpaired) electrons. The molecular formula is C24H22F3N5O2. The number of urea groups is 1. The number of aromatic nitrogens is 3. The lowest BCUT2D eigenvalue weighted by Crippen LogP contribution is -2.42. The highest BCUT2D eigenvalue weighted by Crippen LogP contribution is 2.30. The first-order valence-electron chi connectivity index (χ1n) is 10.6. The number of likely N-dealkylation sites (tertiary alicyclic amines) is 1. The number of anilines is 1. The van der Waals surface area contributed by atoms with Crippen LogP contribution in [0.3, 0.4) is 0 Å². The standard InChI is InChI=1S/C24H22F3N5O2/c1-16-15-32(23(33)30-22-6-3-10-29-31-22)11-9-18(16)12-17-4-2-5-19(13-17)34-20-7-8-21(28-14-20)24(25,26)27/h2-8,10,12-14,16H,9,11,15H2,1H3,(H,30,31,33). The second kappa shape index (κ2) is 9.90. The van der Waals surface area contributed by atoms with E-state index in [0.29, 0.717) is 31.1 Å². The highest BCUT2D eigenvalue weighted by atomic mass is 19.4. The summed E-state index contributed by atoms with van der Waals surface area (Å²) in [5, 5.41) is 10.4. The first-order chi connectivity index (χ1) is 16.3. The number of amides is 2. The Morgan fingerprint density at radius 3 is 2.71 bits per heavy atom. The quantitative estimate of drug-likeness (QED) is 0.535. The van der Waals surface area contributed by atoms with Gasteiger partial charge in [0.05, 0.1) is 6.20 Å². The molecule has 1 N–H and O–H groups in total. The van der Waals surface area contributed by atoms with E-state index in [4.69, 9.17) is 4.74 Å². The van der Waals surface area contributed by atoms with Gasteiger partial charge in [-0.25, -0.2) is 9.78 Å². The van der Waals surface area contributed by atoms with E-state index in [0.717, 1.165) is 17.8 Å². The third-order valence-electron chi connectivity index (χ3n) is 5.36. The Kier molecular flexibility index (Phi) is 6.76. The molecule has 10 heteroatoms. The third-order valence-corrected chi connectivity index (χ3v) is 5.36. The molecule has 0 saturated carbocycles. The lowest BCUT2D eigenvalue weighted by atomic mass is 9.91. The van der Waals surface area contributed by atoms with Gasteiger partial charge in [-0.05, 0) is 54.3 Å². The average molecular weight is 469 g/mol. The SMILES string of the molecule is CC1CN(C(=O)Nc2cccnn2)CCC1=Cc1cccc(Oc2ccc(C(F)(F)F)nc2)c1. The fourth-order valence-electron chi connectivity index (χ4n) is 3.63. The Morgan fingerprint density at radius 2 is 2.03 bits per heavy atom. The summed E-state index contributed by atoms with van der Waals surface area (Å²) in [7, 11) is 0. The van der Waals surface area contributed by atoms with E-state index in [1.165, 1.54) is 17.8 Å². The molecule has 0 aliphatic carbocycles. The van der Waals surface area contributed by atoms with Crippen LogP contribution >= 0.6 is 0 Å². The van der Waals surface area contributed by atoms with Crippen LogP contribution in [0.1, 0.15) is 24.6 Å². The molecule has 1 aliphatic heterocycles. The smallest absolute Gasteiger partial charge is 0.433 e. The number of alkyl halides is 3. The van der Waals surface area contributed by atoms with Gasteiger partial charge in [-0.15, -0.1) is 5.10 Å². The lowest BCUT2D eigenvalue weighted by Gasteiger charge is -2.33. The summed E-state index contributed by atoms with van der Waals surface area (Å²) in [6.45, 7) is 3.18. The average Bonchev–Trinajstić information content (AvgIpc) is 2.81.